The number of aryl methyl sites for hydroxylation is 1. The second-order valence-electron chi connectivity index (χ2n) is 7.20. The first-order valence-corrected chi connectivity index (χ1v) is 8.53. The van der Waals surface area contributed by atoms with Crippen molar-refractivity contribution in [1.29, 1.82) is 0 Å². The molecule has 0 amide bonds. The molecule has 1 N–H and O–H groups in total. The minimum Gasteiger partial charge on any atom is -0.487 e. The van der Waals surface area contributed by atoms with Crippen LogP contribution in [0.2, 0.25) is 0 Å². The van der Waals surface area contributed by atoms with E-state index in [-0.39, 0.29) is 5.60 Å². The average Bonchev–Trinajstić information content (AvgIpc) is 2.47. The Bertz CT molecular complexity index is 512. The first-order valence-electron chi connectivity index (χ1n) is 8.53. The van der Waals surface area contributed by atoms with Crippen molar-refractivity contribution >= 4 is 0 Å². The van der Waals surface area contributed by atoms with Crippen molar-refractivity contribution in [2.24, 2.45) is 0 Å². The van der Waals surface area contributed by atoms with Crippen LogP contribution in [0.25, 0.3) is 0 Å². The Balaban J connectivity index is 2.18. The molecule has 0 spiro atoms. The zero-order valence-corrected chi connectivity index (χ0v) is 15.1. The maximum absolute atomic E-state index is 6.41. The van der Waals surface area contributed by atoms with Crippen molar-refractivity contribution in [2.45, 2.75) is 58.6 Å². The number of benzene rings is 1. The van der Waals surface area contributed by atoms with E-state index in [0.29, 0.717) is 6.04 Å². The van der Waals surface area contributed by atoms with Gasteiger partial charge in [-0.25, -0.2) is 0 Å². The van der Waals surface area contributed by atoms with Crippen molar-refractivity contribution in [3.8, 4) is 5.75 Å². The van der Waals surface area contributed by atoms with E-state index in [2.05, 4.69) is 64.1 Å². The van der Waals surface area contributed by atoms with Crippen LogP contribution in [0.1, 0.15) is 55.8 Å². The highest BCUT2D eigenvalue weighted by atomic mass is 16.5. The average molecular weight is 304 g/mol. The molecule has 1 aliphatic rings. The molecule has 0 saturated heterocycles. The van der Waals surface area contributed by atoms with Crippen LogP contribution in [-0.4, -0.2) is 37.7 Å². The summed E-state index contributed by atoms with van der Waals surface area (Å²) in [5, 5.41) is 3.76. The van der Waals surface area contributed by atoms with E-state index < -0.39 is 0 Å². The van der Waals surface area contributed by atoms with Crippen molar-refractivity contribution in [2.75, 3.05) is 27.2 Å². The van der Waals surface area contributed by atoms with Crippen molar-refractivity contribution < 1.29 is 4.74 Å². The third-order valence-corrected chi connectivity index (χ3v) is 4.99. The molecule has 0 fully saturated rings. The molecule has 3 nitrogen and oxygen atoms in total. The standard InChI is InChI=1S/C19H32N2O/c1-7-19(4)13-17(20-11-8-12-21(5)6)16-10-9-14(2)15(3)18(16)22-19/h9-10,17,20H,7-8,11-13H2,1-6H3. The molecule has 124 valence electrons. The molecule has 2 rings (SSSR count). The molecule has 2 atom stereocenters. The van der Waals surface area contributed by atoms with Crippen molar-refractivity contribution in [3.63, 3.8) is 0 Å². The molecule has 1 heterocycles. The van der Waals surface area contributed by atoms with Gasteiger partial charge in [-0.05, 0) is 71.9 Å². The number of hydrogen-bond acceptors (Lipinski definition) is 3. The van der Waals surface area contributed by atoms with Gasteiger partial charge in [-0.3, -0.25) is 0 Å². The fourth-order valence-corrected chi connectivity index (χ4v) is 3.12. The third-order valence-electron chi connectivity index (χ3n) is 4.99. The quantitative estimate of drug-likeness (QED) is 0.808. The number of ether oxygens (including phenoxy) is 1. The number of fused-ring (bicyclic) bond motifs is 1. The summed E-state index contributed by atoms with van der Waals surface area (Å²) in [5.41, 5.74) is 3.87. The fourth-order valence-electron chi connectivity index (χ4n) is 3.12. The Morgan fingerprint density at radius 2 is 2.05 bits per heavy atom. The molecule has 22 heavy (non-hydrogen) atoms. The van der Waals surface area contributed by atoms with Gasteiger partial charge in [0, 0.05) is 18.0 Å². The Hall–Kier alpha value is -1.06. The second-order valence-corrected chi connectivity index (χ2v) is 7.20. The first kappa shape index (κ1) is 17.3. The van der Waals surface area contributed by atoms with Crippen molar-refractivity contribution in [3.05, 3.63) is 28.8 Å². The zero-order valence-electron chi connectivity index (χ0n) is 15.1. The van der Waals surface area contributed by atoms with Crippen LogP contribution in [0.4, 0.5) is 0 Å². The number of nitrogens with zero attached hydrogens (tertiary/aromatic N) is 1. The molecular formula is C19H32N2O. The maximum Gasteiger partial charge on any atom is 0.128 e. The normalized spacial score (nSPS) is 24.2. The van der Waals surface area contributed by atoms with E-state index in [9.17, 15) is 0 Å². The summed E-state index contributed by atoms with van der Waals surface area (Å²) in [6.45, 7) is 11.0. The highest BCUT2D eigenvalue weighted by molar-refractivity contribution is 5.48. The molecule has 3 heteroatoms. The maximum atomic E-state index is 6.41. The van der Waals surface area contributed by atoms with E-state index in [1.807, 2.05) is 0 Å². The summed E-state index contributed by atoms with van der Waals surface area (Å²) in [7, 11) is 4.26. The van der Waals surface area contributed by atoms with Gasteiger partial charge in [0.25, 0.3) is 0 Å². The highest BCUT2D eigenvalue weighted by Gasteiger charge is 2.36. The summed E-state index contributed by atoms with van der Waals surface area (Å²) in [6, 6.07) is 4.87. The van der Waals surface area contributed by atoms with Gasteiger partial charge in [-0.15, -0.1) is 0 Å². The summed E-state index contributed by atoms with van der Waals surface area (Å²) in [4.78, 5) is 2.24. The second kappa shape index (κ2) is 7.01. The highest BCUT2D eigenvalue weighted by Crippen LogP contribution is 2.43. The van der Waals surface area contributed by atoms with Crippen LogP contribution in [-0.2, 0) is 0 Å². The summed E-state index contributed by atoms with van der Waals surface area (Å²) in [5.74, 6) is 1.11. The molecule has 2 unspecified atom stereocenters. The Kier molecular flexibility index (Phi) is 5.51. The van der Waals surface area contributed by atoms with Gasteiger partial charge in [0.1, 0.15) is 11.4 Å². The van der Waals surface area contributed by atoms with Gasteiger partial charge in [-0.2, -0.15) is 0 Å². The lowest BCUT2D eigenvalue weighted by molar-refractivity contribution is 0.0433. The fraction of sp³-hybridized carbons (Fsp3) is 0.684. The third kappa shape index (κ3) is 3.82. The molecule has 0 radical (unpaired) electrons. The number of nitrogens with one attached hydrogen (secondary N) is 1. The Labute approximate surface area is 136 Å². The molecule has 1 aliphatic heterocycles. The minimum atomic E-state index is -0.0647. The van der Waals surface area contributed by atoms with E-state index >= 15 is 0 Å². The molecular weight excluding hydrogens is 272 g/mol. The monoisotopic (exact) mass is 304 g/mol. The van der Waals surface area contributed by atoms with Crippen LogP contribution in [0.15, 0.2) is 12.1 Å². The number of rotatable bonds is 6. The van der Waals surface area contributed by atoms with E-state index in [0.717, 1.165) is 31.7 Å². The molecule has 1 aromatic carbocycles. The van der Waals surface area contributed by atoms with Crippen molar-refractivity contribution in [1.82, 2.24) is 10.2 Å². The molecule has 0 saturated carbocycles. The molecule has 1 aromatic rings. The Morgan fingerprint density at radius 3 is 2.68 bits per heavy atom. The van der Waals surface area contributed by atoms with Gasteiger partial charge >= 0.3 is 0 Å². The zero-order chi connectivity index (χ0) is 16.3. The van der Waals surface area contributed by atoms with Crippen LogP contribution >= 0.6 is 0 Å². The van der Waals surface area contributed by atoms with Gasteiger partial charge in [0.05, 0.1) is 0 Å². The van der Waals surface area contributed by atoms with E-state index in [4.69, 9.17) is 4.74 Å². The summed E-state index contributed by atoms with van der Waals surface area (Å²) in [6.07, 6.45) is 3.25. The predicted molar refractivity (Wildman–Crippen MR) is 93.8 cm³/mol. The largest absolute Gasteiger partial charge is 0.487 e. The smallest absolute Gasteiger partial charge is 0.128 e. The van der Waals surface area contributed by atoms with Gasteiger partial charge in [0.15, 0.2) is 0 Å². The number of hydrogen-bond donors (Lipinski definition) is 1. The summed E-state index contributed by atoms with van der Waals surface area (Å²) < 4.78 is 6.41. The van der Waals surface area contributed by atoms with Crippen LogP contribution in [0, 0.1) is 13.8 Å². The molecule has 0 aromatic heterocycles. The van der Waals surface area contributed by atoms with E-state index in [1.165, 1.54) is 23.1 Å². The van der Waals surface area contributed by atoms with Crippen LogP contribution in [0.3, 0.4) is 0 Å². The minimum absolute atomic E-state index is 0.0647. The van der Waals surface area contributed by atoms with Gasteiger partial charge in [0.2, 0.25) is 0 Å². The summed E-state index contributed by atoms with van der Waals surface area (Å²) >= 11 is 0. The van der Waals surface area contributed by atoms with Crippen LogP contribution in [0.5, 0.6) is 5.75 Å². The molecule has 0 bridgehead atoms. The predicted octanol–water partition coefficient (Wildman–Crippen LogP) is 3.84. The topological polar surface area (TPSA) is 24.5 Å². The van der Waals surface area contributed by atoms with Gasteiger partial charge in [-0.1, -0.05) is 19.1 Å². The lowest BCUT2D eigenvalue weighted by Crippen LogP contribution is -2.42. The molecule has 0 aliphatic carbocycles. The lowest BCUT2D eigenvalue weighted by atomic mass is 9.85. The lowest BCUT2D eigenvalue weighted by Gasteiger charge is -2.41. The van der Waals surface area contributed by atoms with Crippen LogP contribution < -0.4 is 10.1 Å². The van der Waals surface area contributed by atoms with Gasteiger partial charge < -0.3 is 15.0 Å². The SMILES string of the molecule is CCC1(C)CC(NCCCN(C)C)c2ccc(C)c(C)c2O1. The first-order chi connectivity index (χ1) is 10.4. The van der Waals surface area contributed by atoms with E-state index in [1.54, 1.807) is 0 Å². The Morgan fingerprint density at radius 1 is 1.32 bits per heavy atom.